The minimum Gasteiger partial charge on any atom is -0.478 e. The number of carboxylic acids is 1. The number of nitrogens with zero attached hydrogens (tertiary/aromatic N) is 3. The first-order valence-corrected chi connectivity index (χ1v) is 6.97. The van der Waals surface area contributed by atoms with Crippen molar-refractivity contribution in [2.24, 2.45) is 0 Å². The Morgan fingerprint density at radius 2 is 2.05 bits per heavy atom. The van der Waals surface area contributed by atoms with Gasteiger partial charge in [-0.25, -0.2) is 14.8 Å². The molecular weight excluding hydrogens is 284 g/mol. The molecule has 0 spiro atoms. The largest absolute Gasteiger partial charge is 0.478 e. The third kappa shape index (κ3) is 3.32. The van der Waals surface area contributed by atoms with E-state index in [0.717, 1.165) is 18.9 Å². The van der Waals surface area contributed by atoms with Crippen molar-refractivity contribution in [3.05, 3.63) is 42.2 Å². The summed E-state index contributed by atoms with van der Waals surface area (Å²) in [5.41, 5.74) is 0.902. The minimum atomic E-state index is -0.958. The number of aromatic carboxylic acids is 1. The van der Waals surface area contributed by atoms with E-state index < -0.39 is 5.97 Å². The molecule has 2 N–H and O–H groups in total. The molecule has 0 bridgehead atoms. The van der Waals surface area contributed by atoms with Crippen LogP contribution in [0.4, 0.5) is 17.3 Å². The first-order valence-electron chi connectivity index (χ1n) is 6.97. The monoisotopic (exact) mass is 300 g/mol. The second-order valence-corrected chi connectivity index (χ2v) is 4.87. The molecule has 0 aliphatic carbocycles. The standard InChI is InChI=1S/C15H16N4O3/c20-15(21)11-2-1-3-12(8-11)18-13-9-14(17-10-16-13)19-4-6-22-7-5-19/h1-3,8-10H,4-7H2,(H,20,21)(H,16,17,18). The maximum atomic E-state index is 11.0. The zero-order valence-corrected chi connectivity index (χ0v) is 11.9. The molecule has 7 nitrogen and oxygen atoms in total. The number of rotatable bonds is 4. The number of ether oxygens (including phenoxy) is 1. The van der Waals surface area contributed by atoms with E-state index >= 15 is 0 Å². The molecule has 1 saturated heterocycles. The van der Waals surface area contributed by atoms with Crippen LogP contribution in [0.5, 0.6) is 0 Å². The molecule has 1 aromatic heterocycles. The van der Waals surface area contributed by atoms with Crippen LogP contribution < -0.4 is 10.2 Å². The number of nitrogens with one attached hydrogen (secondary N) is 1. The Morgan fingerprint density at radius 3 is 2.82 bits per heavy atom. The molecular formula is C15H16N4O3. The highest BCUT2D eigenvalue weighted by molar-refractivity contribution is 5.89. The Labute approximate surface area is 127 Å². The maximum Gasteiger partial charge on any atom is 0.335 e. The van der Waals surface area contributed by atoms with Gasteiger partial charge in [-0.15, -0.1) is 0 Å². The predicted molar refractivity (Wildman–Crippen MR) is 81.7 cm³/mol. The van der Waals surface area contributed by atoms with E-state index in [2.05, 4.69) is 20.2 Å². The van der Waals surface area contributed by atoms with E-state index in [1.807, 2.05) is 6.07 Å². The molecule has 22 heavy (non-hydrogen) atoms. The van der Waals surface area contributed by atoms with Crippen molar-refractivity contribution < 1.29 is 14.6 Å². The summed E-state index contributed by atoms with van der Waals surface area (Å²) >= 11 is 0. The molecule has 0 saturated carbocycles. The van der Waals surface area contributed by atoms with E-state index in [-0.39, 0.29) is 5.56 Å². The van der Waals surface area contributed by atoms with Crippen molar-refractivity contribution in [1.82, 2.24) is 9.97 Å². The summed E-state index contributed by atoms with van der Waals surface area (Å²) in [5.74, 6) is 0.495. The molecule has 3 rings (SSSR count). The zero-order chi connectivity index (χ0) is 15.4. The molecule has 1 aromatic carbocycles. The second kappa shape index (κ2) is 6.40. The van der Waals surface area contributed by atoms with E-state index in [9.17, 15) is 4.79 Å². The van der Waals surface area contributed by atoms with E-state index in [1.165, 1.54) is 6.33 Å². The fourth-order valence-electron chi connectivity index (χ4n) is 2.26. The van der Waals surface area contributed by atoms with Crippen molar-refractivity contribution >= 4 is 23.3 Å². The first-order chi connectivity index (χ1) is 10.7. The summed E-state index contributed by atoms with van der Waals surface area (Å²) in [5, 5.41) is 12.1. The summed E-state index contributed by atoms with van der Waals surface area (Å²) in [7, 11) is 0. The van der Waals surface area contributed by atoms with Gasteiger partial charge in [-0.1, -0.05) is 6.07 Å². The van der Waals surface area contributed by atoms with Gasteiger partial charge < -0.3 is 20.1 Å². The van der Waals surface area contributed by atoms with Gasteiger partial charge in [-0.2, -0.15) is 0 Å². The fourth-order valence-corrected chi connectivity index (χ4v) is 2.26. The normalized spacial score (nSPS) is 14.6. The van der Waals surface area contributed by atoms with E-state index in [0.29, 0.717) is 24.7 Å². The summed E-state index contributed by atoms with van der Waals surface area (Å²) in [6, 6.07) is 8.45. The molecule has 7 heteroatoms. The highest BCUT2D eigenvalue weighted by Gasteiger charge is 2.13. The van der Waals surface area contributed by atoms with E-state index in [1.54, 1.807) is 24.3 Å². The van der Waals surface area contributed by atoms with Gasteiger partial charge in [-0.05, 0) is 18.2 Å². The second-order valence-electron chi connectivity index (χ2n) is 4.87. The lowest BCUT2D eigenvalue weighted by Crippen LogP contribution is -2.36. The molecule has 114 valence electrons. The van der Waals surface area contributed by atoms with Crippen LogP contribution in [-0.4, -0.2) is 47.3 Å². The topological polar surface area (TPSA) is 87.6 Å². The maximum absolute atomic E-state index is 11.0. The smallest absolute Gasteiger partial charge is 0.335 e. The Balaban J connectivity index is 1.77. The van der Waals surface area contributed by atoms with Crippen molar-refractivity contribution in [3.63, 3.8) is 0 Å². The van der Waals surface area contributed by atoms with Gasteiger partial charge >= 0.3 is 5.97 Å². The predicted octanol–water partition coefficient (Wildman–Crippen LogP) is 1.75. The summed E-state index contributed by atoms with van der Waals surface area (Å²) in [6.07, 6.45) is 1.49. The Kier molecular flexibility index (Phi) is 4.15. The number of carboxylic acid groups (broad SMARTS) is 1. The minimum absolute atomic E-state index is 0.229. The van der Waals surface area contributed by atoms with Crippen molar-refractivity contribution in [3.8, 4) is 0 Å². The number of hydrogen-bond donors (Lipinski definition) is 2. The van der Waals surface area contributed by atoms with Crippen LogP contribution in [0.2, 0.25) is 0 Å². The van der Waals surface area contributed by atoms with Gasteiger partial charge in [0.2, 0.25) is 0 Å². The molecule has 0 unspecified atom stereocenters. The molecule has 2 aromatic rings. The number of carbonyl (C=O) groups is 1. The lowest BCUT2D eigenvalue weighted by atomic mass is 10.2. The van der Waals surface area contributed by atoms with Crippen molar-refractivity contribution in [1.29, 1.82) is 0 Å². The van der Waals surface area contributed by atoms with Gasteiger partial charge in [0.25, 0.3) is 0 Å². The van der Waals surface area contributed by atoms with Crippen LogP contribution in [0.15, 0.2) is 36.7 Å². The lowest BCUT2D eigenvalue weighted by Gasteiger charge is -2.27. The number of anilines is 3. The first kappa shape index (κ1) is 14.3. The van der Waals surface area contributed by atoms with Crippen molar-refractivity contribution in [2.45, 2.75) is 0 Å². The molecule has 1 fully saturated rings. The van der Waals surface area contributed by atoms with E-state index in [4.69, 9.17) is 9.84 Å². The van der Waals surface area contributed by atoms with Crippen LogP contribution in [0.1, 0.15) is 10.4 Å². The third-order valence-corrected chi connectivity index (χ3v) is 3.37. The molecule has 1 aliphatic heterocycles. The Bertz CT molecular complexity index is 671. The molecule has 2 heterocycles. The Hall–Kier alpha value is -2.67. The number of benzene rings is 1. The SMILES string of the molecule is O=C(O)c1cccc(Nc2cc(N3CCOCC3)ncn2)c1. The summed E-state index contributed by atoms with van der Waals surface area (Å²) in [6.45, 7) is 2.97. The molecule has 0 atom stereocenters. The van der Waals surface area contributed by atoms with Crippen LogP contribution in [0.3, 0.4) is 0 Å². The van der Waals surface area contributed by atoms with Gasteiger partial charge in [0, 0.05) is 24.8 Å². The fraction of sp³-hybridized carbons (Fsp3) is 0.267. The van der Waals surface area contributed by atoms with Gasteiger partial charge in [0.05, 0.1) is 18.8 Å². The molecule has 0 radical (unpaired) electrons. The number of aromatic nitrogens is 2. The third-order valence-electron chi connectivity index (χ3n) is 3.37. The van der Waals surface area contributed by atoms with Gasteiger partial charge in [0.15, 0.2) is 0 Å². The molecule has 0 amide bonds. The van der Waals surface area contributed by atoms with Gasteiger partial charge in [-0.3, -0.25) is 0 Å². The summed E-state index contributed by atoms with van der Waals surface area (Å²) < 4.78 is 5.33. The number of morpholine rings is 1. The summed E-state index contributed by atoms with van der Waals surface area (Å²) in [4.78, 5) is 21.6. The van der Waals surface area contributed by atoms with Crippen LogP contribution in [0, 0.1) is 0 Å². The Morgan fingerprint density at radius 1 is 1.23 bits per heavy atom. The molecule has 1 aliphatic rings. The van der Waals surface area contributed by atoms with Crippen molar-refractivity contribution in [2.75, 3.05) is 36.5 Å². The number of hydrogen-bond acceptors (Lipinski definition) is 6. The van der Waals surface area contributed by atoms with Crippen LogP contribution in [0.25, 0.3) is 0 Å². The van der Waals surface area contributed by atoms with Gasteiger partial charge in [0.1, 0.15) is 18.0 Å². The lowest BCUT2D eigenvalue weighted by molar-refractivity contribution is 0.0697. The highest BCUT2D eigenvalue weighted by Crippen LogP contribution is 2.20. The average molecular weight is 300 g/mol. The van der Waals surface area contributed by atoms with Crippen LogP contribution >= 0.6 is 0 Å². The quantitative estimate of drug-likeness (QED) is 0.889. The highest BCUT2D eigenvalue weighted by atomic mass is 16.5. The zero-order valence-electron chi connectivity index (χ0n) is 11.9. The average Bonchev–Trinajstić information content (AvgIpc) is 2.56. The van der Waals surface area contributed by atoms with Crippen LogP contribution in [-0.2, 0) is 4.74 Å².